The average Bonchev–Trinajstić information content (AvgIpc) is 3.16. The number of carbonyl (C=O) groups is 1. The van der Waals surface area contributed by atoms with Crippen LogP contribution in [0.15, 0.2) is 29.8 Å². The maximum absolute atomic E-state index is 12.6. The van der Waals surface area contributed by atoms with Crippen LogP contribution in [0.3, 0.4) is 0 Å². The molecule has 28 heavy (non-hydrogen) atoms. The molecule has 2 aromatic heterocycles. The van der Waals surface area contributed by atoms with Crippen molar-refractivity contribution in [2.75, 3.05) is 61.1 Å². The van der Waals surface area contributed by atoms with Crippen LogP contribution in [0.5, 0.6) is 0 Å². The molecule has 0 aliphatic carbocycles. The summed E-state index contributed by atoms with van der Waals surface area (Å²) >= 11 is 1.44. The third kappa shape index (κ3) is 3.63. The van der Waals surface area contributed by atoms with Gasteiger partial charge in [-0.15, -0.1) is 11.3 Å². The normalized spacial score (nSPS) is 14.4. The molecular formula is C18H22N8OS. The topological polar surface area (TPSA) is 104 Å². The minimum absolute atomic E-state index is 0.0988. The number of nitrogen functional groups attached to an aromatic ring is 1. The number of urea groups is 1. The van der Waals surface area contributed by atoms with E-state index < -0.39 is 0 Å². The zero-order valence-corrected chi connectivity index (χ0v) is 16.6. The van der Waals surface area contributed by atoms with Crippen LogP contribution in [0.25, 0.3) is 10.3 Å². The Morgan fingerprint density at radius 3 is 2.54 bits per heavy atom. The molecule has 1 aliphatic rings. The lowest BCUT2D eigenvalue weighted by Crippen LogP contribution is -2.50. The van der Waals surface area contributed by atoms with Gasteiger partial charge in [0.05, 0.1) is 5.51 Å². The van der Waals surface area contributed by atoms with Crippen LogP contribution in [-0.4, -0.2) is 66.2 Å². The number of thiazole rings is 1. The Morgan fingerprint density at radius 2 is 1.86 bits per heavy atom. The Labute approximate surface area is 166 Å². The molecule has 1 aromatic carbocycles. The van der Waals surface area contributed by atoms with Gasteiger partial charge in [0.25, 0.3) is 0 Å². The number of carbonyl (C=O) groups excluding carboxylic acids is 1. The molecule has 0 atom stereocenters. The summed E-state index contributed by atoms with van der Waals surface area (Å²) in [6.07, 6.45) is 0. The molecule has 10 heteroatoms. The van der Waals surface area contributed by atoms with Gasteiger partial charge in [-0.3, -0.25) is 0 Å². The van der Waals surface area contributed by atoms with Crippen LogP contribution < -0.4 is 20.9 Å². The molecule has 9 nitrogen and oxygen atoms in total. The van der Waals surface area contributed by atoms with Crippen LogP contribution in [0.4, 0.5) is 27.9 Å². The van der Waals surface area contributed by atoms with Gasteiger partial charge in [-0.25, -0.2) is 14.8 Å². The lowest BCUT2D eigenvalue weighted by atomic mass is 10.2. The lowest BCUT2D eigenvalue weighted by molar-refractivity contribution is 0.208. The van der Waals surface area contributed by atoms with E-state index in [1.807, 2.05) is 43.3 Å². The number of piperazine rings is 1. The lowest BCUT2D eigenvalue weighted by Gasteiger charge is -2.35. The highest BCUT2D eigenvalue weighted by molar-refractivity contribution is 7.16. The van der Waals surface area contributed by atoms with Gasteiger partial charge in [0, 0.05) is 51.6 Å². The van der Waals surface area contributed by atoms with Gasteiger partial charge >= 0.3 is 6.03 Å². The minimum Gasteiger partial charge on any atom is -0.378 e. The number of aromatic nitrogens is 3. The second-order valence-electron chi connectivity index (χ2n) is 6.76. The fourth-order valence-corrected chi connectivity index (χ4v) is 3.81. The molecule has 3 aromatic rings. The summed E-state index contributed by atoms with van der Waals surface area (Å²) < 4.78 is 0. The number of amides is 2. The van der Waals surface area contributed by atoms with Crippen molar-refractivity contribution in [3.8, 4) is 0 Å². The van der Waals surface area contributed by atoms with E-state index in [4.69, 9.17) is 5.73 Å². The van der Waals surface area contributed by atoms with E-state index >= 15 is 0 Å². The molecule has 1 saturated heterocycles. The number of nitrogens with two attached hydrogens (primary N) is 1. The first-order valence-corrected chi connectivity index (χ1v) is 9.84. The van der Waals surface area contributed by atoms with Crippen molar-refractivity contribution in [2.24, 2.45) is 0 Å². The van der Waals surface area contributed by atoms with Crippen LogP contribution in [0.1, 0.15) is 0 Å². The zero-order valence-electron chi connectivity index (χ0n) is 15.8. The number of nitrogens with zero attached hydrogens (tertiary/aromatic N) is 6. The van der Waals surface area contributed by atoms with E-state index in [0.29, 0.717) is 26.2 Å². The molecule has 4 rings (SSSR count). The fourth-order valence-electron chi connectivity index (χ4n) is 3.15. The highest BCUT2D eigenvalue weighted by Gasteiger charge is 2.24. The van der Waals surface area contributed by atoms with Gasteiger partial charge in [0.2, 0.25) is 5.95 Å². The van der Waals surface area contributed by atoms with Crippen molar-refractivity contribution >= 4 is 50.9 Å². The number of nitrogens with one attached hydrogen (secondary N) is 1. The first kappa shape index (κ1) is 18.2. The van der Waals surface area contributed by atoms with Crippen molar-refractivity contribution < 1.29 is 4.79 Å². The van der Waals surface area contributed by atoms with Gasteiger partial charge in [0.1, 0.15) is 5.52 Å². The number of hydrogen-bond donors (Lipinski definition) is 2. The van der Waals surface area contributed by atoms with Crippen molar-refractivity contribution in [1.29, 1.82) is 0 Å². The van der Waals surface area contributed by atoms with E-state index in [1.54, 1.807) is 10.4 Å². The molecule has 2 amide bonds. The van der Waals surface area contributed by atoms with Gasteiger partial charge in [-0.05, 0) is 24.3 Å². The van der Waals surface area contributed by atoms with Crippen LogP contribution in [0, 0.1) is 0 Å². The van der Waals surface area contributed by atoms with Crippen LogP contribution in [-0.2, 0) is 0 Å². The highest BCUT2D eigenvalue weighted by atomic mass is 32.1. The molecule has 3 N–H and O–H groups in total. The summed E-state index contributed by atoms with van der Waals surface area (Å²) in [5, 5.41) is 2.96. The number of anilines is 4. The Morgan fingerprint density at radius 1 is 1.14 bits per heavy atom. The summed E-state index contributed by atoms with van der Waals surface area (Å²) in [7, 11) is 3.97. The Bertz CT molecular complexity index is 979. The predicted molar refractivity (Wildman–Crippen MR) is 113 cm³/mol. The maximum Gasteiger partial charge on any atom is 0.321 e. The molecule has 1 aliphatic heterocycles. The van der Waals surface area contributed by atoms with Crippen molar-refractivity contribution in [3.05, 3.63) is 29.8 Å². The minimum atomic E-state index is -0.0988. The maximum atomic E-state index is 12.6. The van der Waals surface area contributed by atoms with Crippen LogP contribution >= 0.6 is 11.3 Å². The fraction of sp³-hybridized carbons (Fsp3) is 0.333. The third-order valence-corrected chi connectivity index (χ3v) is 5.42. The average molecular weight is 398 g/mol. The molecule has 0 saturated carbocycles. The summed E-state index contributed by atoms with van der Waals surface area (Å²) in [5.41, 5.74) is 10.2. The molecular weight excluding hydrogens is 376 g/mol. The molecule has 3 heterocycles. The SMILES string of the molecule is CN(C)c1ccc(NC(=O)N2CCN(c3nc(N)nc4scnc34)CC2)cc1. The van der Waals surface area contributed by atoms with Crippen molar-refractivity contribution in [2.45, 2.75) is 0 Å². The monoisotopic (exact) mass is 398 g/mol. The molecule has 0 spiro atoms. The number of fused-ring (bicyclic) bond motifs is 1. The van der Waals surface area contributed by atoms with E-state index in [9.17, 15) is 4.79 Å². The Hall–Kier alpha value is -3.14. The highest BCUT2D eigenvalue weighted by Crippen LogP contribution is 2.27. The molecule has 0 radical (unpaired) electrons. The quantitative estimate of drug-likeness (QED) is 0.696. The van der Waals surface area contributed by atoms with Crippen LogP contribution in [0.2, 0.25) is 0 Å². The summed E-state index contributed by atoms with van der Waals surface area (Å²) in [5.74, 6) is 0.983. The number of hydrogen-bond acceptors (Lipinski definition) is 8. The van der Waals surface area contributed by atoms with Gasteiger partial charge in [-0.1, -0.05) is 0 Å². The molecule has 0 bridgehead atoms. The van der Waals surface area contributed by atoms with Crippen molar-refractivity contribution in [1.82, 2.24) is 19.9 Å². The Kier molecular flexibility index (Phi) is 4.86. The second kappa shape index (κ2) is 7.47. The second-order valence-corrected chi connectivity index (χ2v) is 7.59. The van der Waals surface area contributed by atoms with Gasteiger partial charge in [-0.2, -0.15) is 4.98 Å². The number of benzene rings is 1. The largest absolute Gasteiger partial charge is 0.378 e. The molecule has 0 unspecified atom stereocenters. The predicted octanol–water partition coefficient (Wildman–Crippen LogP) is 2.09. The first-order chi connectivity index (χ1) is 13.5. The smallest absolute Gasteiger partial charge is 0.321 e. The van der Waals surface area contributed by atoms with E-state index in [1.165, 1.54) is 11.3 Å². The van der Waals surface area contributed by atoms with E-state index in [0.717, 1.165) is 27.5 Å². The number of rotatable bonds is 3. The standard InChI is InChI=1S/C18H22N8OS/c1-24(2)13-5-3-12(4-6-13)21-18(27)26-9-7-25(8-10-26)15-14-16(28-11-20-14)23-17(19)22-15/h3-6,11H,7-10H2,1-2H3,(H,21,27)(H2,19,22,23). The summed E-state index contributed by atoms with van der Waals surface area (Å²) in [6.45, 7) is 2.51. The molecule has 1 fully saturated rings. The third-order valence-electron chi connectivity index (χ3n) is 4.70. The Balaban J connectivity index is 1.39. The van der Waals surface area contributed by atoms with Gasteiger partial charge < -0.3 is 25.8 Å². The van der Waals surface area contributed by atoms with Crippen molar-refractivity contribution in [3.63, 3.8) is 0 Å². The first-order valence-electron chi connectivity index (χ1n) is 8.96. The van der Waals surface area contributed by atoms with E-state index in [2.05, 4.69) is 25.2 Å². The summed E-state index contributed by atoms with van der Waals surface area (Å²) in [6, 6.07) is 7.68. The zero-order chi connectivity index (χ0) is 19.7. The summed E-state index contributed by atoms with van der Waals surface area (Å²) in [4.78, 5) is 32.2. The molecule has 146 valence electrons. The van der Waals surface area contributed by atoms with Gasteiger partial charge in [0.15, 0.2) is 10.6 Å². The van der Waals surface area contributed by atoms with E-state index in [-0.39, 0.29) is 12.0 Å².